The van der Waals surface area contributed by atoms with Gasteiger partial charge in [-0.2, -0.15) is 53.3 Å². The molecule has 2 aliphatic carbocycles. The van der Waals surface area contributed by atoms with Crippen LogP contribution in [0.15, 0.2) is 42.5 Å². The van der Waals surface area contributed by atoms with Crippen molar-refractivity contribution in [2.24, 2.45) is 5.92 Å². The number of halogens is 11. The lowest BCUT2D eigenvalue weighted by Crippen LogP contribution is -2.36. The maximum atomic E-state index is 15.7. The number of carbonyl (C=O) groups excluding carboxylic acids is 1. The van der Waals surface area contributed by atoms with Crippen LogP contribution in [0.25, 0.3) is 22.0 Å². The second-order valence-electron chi connectivity index (χ2n) is 16.5. The second-order valence-corrected chi connectivity index (χ2v) is 21.3. The third-order valence-corrected chi connectivity index (χ3v) is 14.7. The Kier molecular flexibility index (Phi) is 12.0. The Hall–Kier alpha value is -5.54. The highest BCUT2D eigenvalue weighted by atomic mass is 35.5. The number of hydrogen-bond acceptors (Lipinski definition) is 8. The van der Waals surface area contributed by atoms with Crippen LogP contribution in [0, 0.1) is 29.4 Å². The summed E-state index contributed by atoms with van der Waals surface area (Å²) in [7, 11) is -8.18. The highest BCUT2D eigenvalue weighted by Crippen LogP contribution is 2.64. The average Bonchev–Trinajstić information content (AvgIpc) is 3.75. The molecule has 3 aromatic heterocycles. The van der Waals surface area contributed by atoms with Gasteiger partial charge in [0.1, 0.15) is 45.2 Å². The molecule has 7 rings (SSSR count). The molecule has 0 aliphatic heterocycles. The molecule has 5 aromatic rings. The number of nitrogens with zero attached hydrogens (tertiary/aromatic N) is 6. The van der Waals surface area contributed by atoms with Crippen LogP contribution in [0.2, 0.25) is 5.02 Å². The molecule has 1 N–H and O–H groups in total. The fraction of sp³-hybridized carbons (Fsp3) is 0.390. The quantitative estimate of drug-likeness (QED) is 0.0607. The number of amides is 1. The van der Waals surface area contributed by atoms with Gasteiger partial charge in [-0.1, -0.05) is 23.6 Å². The summed E-state index contributed by atoms with van der Waals surface area (Å²) < 4.78 is 196. The smallest absolute Gasteiger partial charge is 0.346 e. The van der Waals surface area contributed by atoms with Gasteiger partial charge in [0.25, 0.3) is 5.92 Å². The summed E-state index contributed by atoms with van der Waals surface area (Å²) in [5, 5.41) is 9.09. The monoisotopic (exact) mass is 994 g/mol. The van der Waals surface area contributed by atoms with Crippen molar-refractivity contribution in [2.75, 3.05) is 12.5 Å². The number of nitrogens with one attached hydrogen (secondary N) is 1. The minimum atomic E-state index is -5.20. The molecule has 0 saturated heterocycles. The van der Waals surface area contributed by atoms with Crippen molar-refractivity contribution in [2.45, 2.75) is 81.2 Å². The van der Waals surface area contributed by atoms with Crippen LogP contribution >= 0.6 is 11.6 Å². The first-order valence-corrected chi connectivity index (χ1v) is 23.5. The number of alkyl halides is 8. The zero-order valence-corrected chi connectivity index (χ0v) is 37.1. The number of sulfone groups is 1. The van der Waals surface area contributed by atoms with Crippen molar-refractivity contribution in [3.8, 4) is 23.0 Å². The lowest BCUT2D eigenvalue weighted by atomic mass is 9.73. The number of benzene rings is 2. The van der Waals surface area contributed by atoms with E-state index in [4.69, 9.17) is 11.6 Å². The van der Waals surface area contributed by atoms with Crippen LogP contribution in [0.3, 0.4) is 0 Å². The summed E-state index contributed by atoms with van der Waals surface area (Å²) in [5.74, 6) is -5.51. The second kappa shape index (κ2) is 16.4. The third-order valence-electron chi connectivity index (χ3n) is 11.4. The fourth-order valence-corrected chi connectivity index (χ4v) is 8.87. The number of sulfonamides is 1. The third kappa shape index (κ3) is 9.12. The molecule has 3 atom stereocenters. The van der Waals surface area contributed by atoms with E-state index in [9.17, 15) is 56.8 Å². The standard InChI is InChI=1S/C41H34ClF10N7O5S2/c1-38(2,65(4,61)62)13-12-23-6-7-24(25-9-11-28(42)32-34(25)59(19-39(45,46)47)56-37(32)57(3)66(5,63)64)33(53-23)29(16-20-14-21(43)17-22(44)15-20)54-30(60)18-58-36-31(35(55-58)41(50,51)52)26-8-10-27(26)40(36,48)49/h6-7,9,11,14-15,17,26-27,29H,3,8,10,16,18-19H2,1-2,4-5H3/p+1/t26-,27+,29-/m0/s1. The van der Waals surface area contributed by atoms with Crippen LogP contribution in [0.4, 0.5) is 49.7 Å². The zero-order chi connectivity index (χ0) is 48.9. The van der Waals surface area contributed by atoms with Gasteiger partial charge in [0.15, 0.2) is 22.1 Å². The van der Waals surface area contributed by atoms with Crippen molar-refractivity contribution in [1.82, 2.24) is 29.9 Å². The molecule has 2 aromatic carbocycles. The maximum Gasteiger partial charge on any atom is 0.435 e. The van der Waals surface area contributed by atoms with E-state index >= 15 is 8.78 Å². The minimum absolute atomic E-state index is 0.0118. The van der Waals surface area contributed by atoms with E-state index in [-0.39, 0.29) is 56.0 Å². The van der Waals surface area contributed by atoms with Gasteiger partial charge in [0.2, 0.25) is 5.91 Å². The first-order valence-electron chi connectivity index (χ1n) is 19.4. The fourth-order valence-electron chi connectivity index (χ4n) is 7.95. The molecular formula is C41H35ClF10N7O5S2+. The van der Waals surface area contributed by atoms with Crippen molar-refractivity contribution < 1.29 is 69.5 Å². The first-order chi connectivity index (χ1) is 30.3. The molecule has 66 heavy (non-hydrogen) atoms. The number of fused-ring (bicyclic) bond motifs is 4. The molecule has 2 aliphatic rings. The summed E-state index contributed by atoms with van der Waals surface area (Å²) in [6.07, 6.45) is -9.35. The summed E-state index contributed by atoms with van der Waals surface area (Å²) in [4.78, 5) is 18.6. The van der Waals surface area contributed by atoms with E-state index in [0.717, 1.165) is 24.5 Å². The molecular weight excluding hydrogens is 960 g/mol. The minimum Gasteiger partial charge on any atom is -0.346 e. The van der Waals surface area contributed by atoms with Crippen LogP contribution in [-0.2, 0) is 56.3 Å². The van der Waals surface area contributed by atoms with E-state index in [1.165, 1.54) is 32.0 Å². The number of rotatable bonds is 11. The van der Waals surface area contributed by atoms with Crippen LogP contribution in [0.5, 0.6) is 0 Å². The SMILES string of the molecule is C=[N+](c1nn(CC(F)(F)F)c2c(-c3ccc(C#CC(C)(C)S(C)(=O)=O)nc3[C@H](Cc3cc(F)cc(F)c3)NC(=O)Cn3nc(C(F)(F)F)c4c3C(F)(F)[C@@H]3CC[C@H]43)ccc(Cl)c12)S(C)(=O)=O. The molecule has 0 spiro atoms. The van der Waals surface area contributed by atoms with Crippen molar-refractivity contribution in [1.29, 1.82) is 0 Å². The molecule has 0 unspecified atom stereocenters. The lowest BCUT2D eigenvalue weighted by molar-refractivity contribution is -0.252. The molecule has 3 heterocycles. The van der Waals surface area contributed by atoms with Gasteiger partial charge in [0.05, 0.1) is 34.8 Å². The molecule has 1 amide bonds. The van der Waals surface area contributed by atoms with Gasteiger partial charge in [-0.25, -0.2) is 22.2 Å². The van der Waals surface area contributed by atoms with Gasteiger partial charge in [-0.15, -0.1) is 3.98 Å². The highest BCUT2D eigenvalue weighted by molar-refractivity contribution is 7.92. The average molecular weight is 995 g/mol. The number of carbonyl (C=O) groups is 1. The number of pyridine rings is 1. The maximum absolute atomic E-state index is 15.7. The summed E-state index contributed by atoms with van der Waals surface area (Å²) >= 11 is 6.52. The zero-order valence-electron chi connectivity index (χ0n) is 34.7. The van der Waals surface area contributed by atoms with E-state index in [1.807, 2.05) is 0 Å². The van der Waals surface area contributed by atoms with Crippen molar-refractivity contribution in [3.05, 3.63) is 93.0 Å². The number of aromatic nitrogens is 5. The topological polar surface area (TPSA) is 149 Å². The Morgan fingerprint density at radius 1 is 0.970 bits per heavy atom. The predicted octanol–water partition coefficient (Wildman–Crippen LogP) is 7.99. The normalized spacial score (nSPS) is 17.7. The Balaban J connectivity index is 1.47. The van der Waals surface area contributed by atoms with Gasteiger partial charge < -0.3 is 5.32 Å². The van der Waals surface area contributed by atoms with Crippen LogP contribution < -0.4 is 5.32 Å². The van der Waals surface area contributed by atoms with Gasteiger partial charge in [-0.05, 0) is 80.8 Å². The summed E-state index contributed by atoms with van der Waals surface area (Å²) in [5.41, 5.74) is -5.22. The molecule has 12 nitrogen and oxygen atoms in total. The van der Waals surface area contributed by atoms with Gasteiger partial charge >= 0.3 is 28.2 Å². The Labute approximate surface area is 374 Å². The van der Waals surface area contributed by atoms with Gasteiger partial charge in [0, 0.05) is 34.9 Å². The van der Waals surface area contributed by atoms with Crippen LogP contribution in [0.1, 0.15) is 72.6 Å². The first kappa shape index (κ1) is 48.4. The molecule has 0 bridgehead atoms. The summed E-state index contributed by atoms with van der Waals surface area (Å²) in [6.45, 7) is 2.84. The Morgan fingerprint density at radius 2 is 1.61 bits per heavy atom. The number of hydrogen-bond donors (Lipinski definition) is 1. The predicted molar refractivity (Wildman–Crippen MR) is 219 cm³/mol. The van der Waals surface area contributed by atoms with E-state index in [2.05, 4.69) is 39.1 Å². The van der Waals surface area contributed by atoms with Gasteiger partial charge in [-0.3, -0.25) is 9.48 Å². The summed E-state index contributed by atoms with van der Waals surface area (Å²) in [6, 6.07) is 5.22. The molecule has 352 valence electrons. The van der Waals surface area contributed by atoms with E-state index in [0.29, 0.717) is 21.0 Å². The lowest BCUT2D eigenvalue weighted by Gasteiger charge is -2.34. The highest BCUT2D eigenvalue weighted by Gasteiger charge is 2.63. The Bertz CT molecular complexity index is 3140. The van der Waals surface area contributed by atoms with E-state index < -0.39 is 126 Å². The van der Waals surface area contributed by atoms with Crippen molar-refractivity contribution in [3.63, 3.8) is 0 Å². The van der Waals surface area contributed by atoms with Crippen LogP contribution in [-0.4, -0.2) is 81.4 Å². The van der Waals surface area contributed by atoms with E-state index in [1.54, 1.807) is 0 Å². The molecule has 1 saturated carbocycles. The van der Waals surface area contributed by atoms with Crippen molar-refractivity contribution >= 4 is 60.8 Å². The molecule has 1 fully saturated rings. The largest absolute Gasteiger partial charge is 0.435 e. The Morgan fingerprint density at radius 3 is 2.17 bits per heavy atom. The molecule has 0 radical (unpaired) electrons. The molecule has 25 heteroatoms.